The maximum atomic E-state index is 12.5. The van der Waals surface area contributed by atoms with Crippen molar-refractivity contribution in [2.24, 2.45) is 0 Å². The quantitative estimate of drug-likeness (QED) is 0.301. The molecule has 0 aliphatic heterocycles. The van der Waals surface area contributed by atoms with Crippen molar-refractivity contribution >= 4 is 39.9 Å². The standard InChI is InChI=1S/C26H23N3O7S/c1-15-6-7-17(11-18(15)27-24(31)21-5-4-10-35-21)25(32)36-13-23(30)29-26-28-19(14-37-26)16-8-9-20(33-2)22(12-16)34-3/h4-12,14H,13H2,1-3H3,(H,27,31)(H,28,29,30). The number of ether oxygens (including phenoxy) is 3. The number of nitrogens with one attached hydrogen (secondary N) is 2. The lowest BCUT2D eigenvalue weighted by atomic mass is 10.1. The van der Waals surface area contributed by atoms with Crippen molar-refractivity contribution in [1.82, 2.24) is 4.98 Å². The van der Waals surface area contributed by atoms with E-state index in [0.29, 0.717) is 28.0 Å². The Morgan fingerprint density at radius 2 is 1.81 bits per heavy atom. The fraction of sp³-hybridized carbons (Fsp3) is 0.154. The molecular formula is C26H23N3O7S. The molecule has 4 rings (SSSR count). The Morgan fingerprint density at radius 3 is 2.54 bits per heavy atom. The number of aryl methyl sites for hydroxylation is 1. The third-order valence-electron chi connectivity index (χ3n) is 5.23. The van der Waals surface area contributed by atoms with Crippen molar-refractivity contribution in [3.63, 3.8) is 0 Å². The fourth-order valence-corrected chi connectivity index (χ4v) is 4.04. The summed E-state index contributed by atoms with van der Waals surface area (Å²) in [4.78, 5) is 41.5. The lowest BCUT2D eigenvalue weighted by Gasteiger charge is -2.10. The molecule has 2 aromatic carbocycles. The minimum absolute atomic E-state index is 0.139. The number of anilines is 2. The molecule has 2 N–H and O–H groups in total. The summed E-state index contributed by atoms with van der Waals surface area (Å²) in [5, 5.41) is 7.45. The first-order valence-electron chi connectivity index (χ1n) is 11.0. The Morgan fingerprint density at radius 1 is 1.00 bits per heavy atom. The summed E-state index contributed by atoms with van der Waals surface area (Å²) < 4.78 is 20.8. The highest BCUT2D eigenvalue weighted by atomic mass is 32.1. The number of carbonyl (C=O) groups excluding carboxylic acids is 3. The molecule has 2 heterocycles. The molecule has 10 nitrogen and oxygen atoms in total. The van der Waals surface area contributed by atoms with E-state index in [9.17, 15) is 14.4 Å². The van der Waals surface area contributed by atoms with E-state index in [1.54, 1.807) is 56.9 Å². The average molecular weight is 522 g/mol. The fourth-order valence-electron chi connectivity index (χ4n) is 3.30. The molecule has 37 heavy (non-hydrogen) atoms. The van der Waals surface area contributed by atoms with Crippen LogP contribution < -0.4 is 20.1 Å². The summed E-state index contributed by atoms with van der Waals surface area (Å²) >= 11 is 1.23. The smallest absolute Gasteiger partial charge is 0.338 e. The molecule has 2 aromatic heterocycles. The molecule has 4 aromatic rings. The van der Waals surface area contributed by atoms with Crippen molar-refractivity contribution in [3.05, 3.63) is 77.1 Å². The van der Waals surface area contributed by atoms with Crippen molar-refractivity contribution in [2.45, 2.75) is 6.92 Å². The number of benzene rings is 2. The third kappa shape index (κ3) is 6.14. The van der Waals surface area contributed by atoms with E-state index >= 15 is 0 Å². The van der Waals surface area contributed by atoms with Crippen LogP contribution in [0.1, 0.15) is 26.5 Å². The molecule has 0 aliphatic rings. The number of amides is 2. The predicted molar refractivity (Wildman–Crippen MR) is 137 cm³/mol. The highest BCUT2D eigenvalue weighted by Gasteiger charge is 2.16. The zero-order valence-electron chi connectivity index (χ0n) is 20.2. The first-order chi connectivity index (χ1) is 17.9. The number of furan rings is 1. The van der Waals surface area contributed by atoms with Crippen LogP contribution in [0.3, 0.4) is 0 Å². The third-order valence-corrected chi connectivity index (χ3v) is 5.99. The van der Waals surface area contributed by atoms with Gasteiger partial charge in [0.1, 0.15) is 0 Å². The molecule has 2 amide bonds. The van der Waals surface area contributed by atoms with E-state index in [1.165, 1.54) is 29.7 Å². The van der Waals surface area contributed by atoms with Gasteiger partial charge in [-0.05, 0) is 55.0 Å². The van der Waals surface area contributed by atoms with Crippen LogP contribution in [-0.4, -0.2) is 43.6 Å². The molecule has 0 aliphatic carbocycles. The van der Waals surface area contributed by atoms with Crippen LogP contribution in [0.2, 0.25) is 0 Å². The van der Waals surface area contributed by atoms with Crippen LogP contribution in [-0.2, 0) is 9.53 Å². The lowest BCUT2D eigenvalue weighted by molar-refractivity contribution is -0.119. The topological polar surface area (TPSA) is 129 Å². The Balaban J connectivity index is 1.34. The summed E-state index contributed by atoms with van der Waals surface area (Å²) in [5.74, 6) is -0.411. The van der Waals surface area contributed by atoms with Crippen molar-refractivity contribution in [2.75, 3.05) is 31.5 Å². The Kier molecular flexibility index (Phi) is 7.84. The van der Waals surface area contributed by atoms with Crippen molar-refractivity contribution in [3.8, 4) is 22.8 Å². The van der Waals surface area contributed by atoms with Gasteiger partial charge in [-0.3, -0.25) is 14.9 Å². The van der Waals surface area contributed by atoms with E-state index in [4.69, 9.17) is 18.6 Å². The number of carbonyl (C=O) groups is 3. The minimum Gasteiger partial charge on any atom is -0.493 e. The monoisotopic (exact) mass is 521 g/mol. The number of aromatic nitrogens is 1. The van der Waals surface area contributed by atoms with Gasteiger partial charge in [0.25, 0.3) is 11.8 Å². The number of rotatable bonds is 9. The van der Waals surface area contributed by atoms with Crippen LogP contribution in [0.15, 0.2) is 64.6 Å². The second kappa shape index (κ2) is 11.4. The second-order valence-electron chi connectivity index (χ2n) is 7.69. The maximum absolute atomic E-state index is 12.5. The summed E-state index contributed by atoms with van der Waals surface area (Å²) in [6.07, 6.45) is 1.39. The molecule has 0 saturated heterocycles. The average Bonchev–Trinajstić information content (AvgIpc) is 3.61. The molecule has 190 valence electrons. The normalized spacial score (nSPS) is 10.5. The van der Waals surface area contributed by atoms with Crippen LogP contribution in [0.5, 0.6) is 11.5 Å². The SMILES string of the molecule is COc1ccc(-c2csc(NC(=O)COC(=O)c3ccc(C)c(NC(=O)c4ccco4)c3)n2)cc1OC. The maximum Gasteiger partial charge on any atom is 0.338 e. The van der Waals surface area contributed by atoms with Gasteiger partial charge in [0, 0.05) is 16.6 Å². The second-order valence-corrected chi connectivity index (χ2v) is 8.55. The molecule has 11 heteroatoms. The van der Waals surface area contributed by atoms with E-state index < -0.39 is 24.4 Å². The minimum atomic E-state index is -0.714. The lowest BCUT2D eigenvalue weighted by Crippen LogP contribution is -2.21. The van der Waals surface area contributed by atoms with Crippen LogP contribution in [0.25, 0.3) is 11.3 Å². The van der Waals surface area contributed by atoms with Gasteiger partial charge >= 0.3 is 5.97 Å². The van der Waals surface area contributed by atoms with Gasteiger partial charge in [0.05, 0.1) is 31.7 Å². The molecule has 0 spiro atoms. The van der Waals surface area contributed by atoms with Crippen molar-refractivity contribution in [1.29, 1.82) is 0 Å². The predicted octanol–water partition coefficient (Wildman–Crippen LogP) is 4.78. The van der Waals surface area contributed by atoms with Gasteiger partial charge in [-0.25, -0.2) is 9.78 Å². The number of methoxy groups -OCH3 is 2. The Hall–Kier alpha value is -4.64. The van der Waals surface area contributed by atoms with Crippen LogP contribution in [0, 0.1) is 6.92 Å². The van der Waals surface area contributed by atoms with Crippen LogP contribution >= 0.6 is 11.3 Å². The summed E-state index contributed by atoms with van der Waals surface area (Å²) in [6, 6.07) is 13.2. The zero-order chi connectivity index (χ0) is 26.4. The molecular weight excluding hydrogens is 498 g/mol. The number of nitrogens with zero attached hydrogens (tertiary/aromatic N) is 1. The van der Waals surface area contributed by atoms with Gasteiger partial charge in [0.15, 0.2) is 29.0 Å². The van der Waals surface area contributed by atoms with E-state index in [2.05, 4.69) is 15.6 Å². The van der Waals surface area contributed by atoms with Gasteiger partial charge in [0.2, 0.25) is 0 Å². The van der Waals surface area contributed by atoms with Gasteiger partial charge in [-0.2, -0.15) is 0 Å². The van der Waals surface area contributed by atoms with E-state index in [-0.39, 0.29) is 11.3 Å². The first-order valence-corrected chi connectivity index (χ1v) is 11.9. The molecule has 0 bridgehead atoms. The van der Waals surface area contributed by atoms with Gasteiger partial charge < -0.3 is 23.9 Å². The summed E-state index contributed by atoms with van der Waals surface area (Å²) in [5.41, 5.74) is 2.77. The number of hydrogen-bond donors (Lipinski definition) is 2. The van der Waals surface area contributed by atoms with E-state index in [0.717, 1.165) is 11.1 Å². The number of hydrogen-bond acceptors (Lipinski definition) is 9. The summed E-state index contributed by atoms with van der Waals surface area (Å²) in [6.45, 7) is 1.27. The molecule has 0 unspecified atom stereocenters. The van der Waals surface area contributed by atoms with Crippen molar-refractivity contribution < 1.29 is 33.0 Å². The molecule has 0 fully saturated rings. The largest absolute Gasteiger partial charge is 0.493 e. The van der Waals surface area contributed by atoms with Gasteiger partial charge in [-0.15, -0.1) is 11.3 Å². The van der Waals surface area contributed by atoms with Gasteiger partial charge in [-0.1, -0.05) is 6.07 Å². The first kappa shape index (κ1) is 25.5. The number of thiazole rings is 1. The molecule has 0 radical (unpaired) electrons. The molecule has 0 saturated carbocycles. The highest BCUT2D eigenvalue weighted by molar-refractivity contribution is 7.14. The zero-order valence-corrected chi connectivity index (χ0v) is 21.0. The van der Waals surface area contributed by atoms with Crippen LogP contribution in [0.4, 0.5) is 10.8 Å². The van der Waals surface area contributed by atoms with E-state index in [1.807, 2.05) is 6.07 Å². The molecule has 0 atom stereocenters. The highest BCUT2D eigenvalue weighted by Crippen LogP contribution is 2.33. The Bertz CT molecular complexity index is 1430. The summed E-state index contributed by atoms with van der Waals surface area (Å²) in [7, 11) is 3.10. The Labute approximate surface area is 216 Å². The number of esters is 1.